The normalized spacial score (nSPS) is 19.7. The maximum absolute atomic E-state index is 4.24. The summed E-state index contributed by atoms with van der Waals surface area (Å²) in [5.41, 5.74) is 1.10. The molecule has 3 rings (SSSR count). The number of nitrogens with zero attached hydrogens (tertiary/aromatic N) is 3. The van der Waals surface area contributed by atoms with E-state index in [-0.39, 0.29) is 0 Å². The largest absolute Gasteiger partial charge is 0.307 e. The molecular formula is C12H13BrN4. The highest BCUT2D eigenvalue weighted by Gasteiger charge is 2.21. The second kappa shape index (κ2) is 4.58. The minimum absolute atomic E-state index is 0.334. The van der Waals surface area contributed by atoms with Gasteiger partial charge in [-0.3, -0.25) is 4.57 Å². The van der Waals surface area contributed by atoms with Crippen molar-refractivity contribution in [3.63, 3.8) is 0 Å². The Hall–Kier alpha value is -1.20. The monoisotopic (exact) mass is 292 g/mol. The van der Waals surface area contributed by atoms with Gasteiger partial charge in [0.15, 0.2) is 5.82 Å². The average molecular weight is 293 g/mol. The van der Waals surface area contributed by atoms with Crippen LogP contribution in [0.4, 0.5) is 0 Å². The molecule has 1 saturated heterocycles. The molecule has 4 nitrogen and oxygen atoms in total. The molecule has 1 aliphatic heterocycles. The van der Waals surface area contributed by atoms with Crippen molar-refractivity contribution < 1.29 is 0 Å². The molecule has 1 unspecified atom stereocenters. The van der Waals surface area contributed by atoms with Crippen molar-refractivity contribution in [3.05, 3.63) is 40.9 Å². The third-order valence-corrected chi connectivity index (χ3v) is 3.58. The second-order valence-corrected chi connectivity index (χ2v) is 5.10. The number of hydrogen-bond acceptors (Lipinski definition) is 3. The summed E-state index contributed by atoms with van der Waals surface area (Å²) in [6.07, 6.45) is 4.12. The van der Waals surface area contributed by atoms with Gasteiger partial charge in [0.2, 0.25) is 0 Å². The average Bonchev–Trinajstić information content (AvgIpc) is 3.00. The van der Waals surface area contributed by atoms with Crippen LogP contribution >= 0.6 is 15.9 Å². The molecule has 1 fully saturated rings. The lowest BCUT2D eigenvalue weighted by Gasteiger charge is -2.11. The Morgan fingerprint density at radius 3 is 2.82 bits per heavy atom. The second-order valence-electron chi connectivity index (χ2n) is 4.18. The number of rotatable bonds is 2. The Bertz CT molecular complexity index is 499. The molecule has 5 heteroatoms. The summed E-state index contributed by atoms with van der Waals surface area (Å²) in [6, 6.07) is 8.52. The fourth-order valence-electron chi connectivity index (χ4n) is 2.19. The van der Waals surface area contributed by atoms with Crippen LogP contribution in [-0.4, -0.2) is 21.3 Å². The minimum atomic E-state index is 0.334. The molecule has 2 heterocycles. The molecule has 2 aromatic rings. The SMILES string of the molecule is Brc1ccc(-n2cnnc2C2CCCN2)cc1. The highest BCUT2D eigenvalue weighted by Crippen LogP contribution is 2.23. The van der Waals surface area contributed by atoms with E-state index in [1.165, 1.54) is 6.42 Å². The van der Waals surface area contributed by atoms with Crippen molar-refractivity contribution in [2.45, 2.75) is 18.9 Å². The molecule has 0 spiro atoms. The predicted octanol–water partition coefficient (Wildman–Crippen LogP) is 2.45. The molecule has 1 atom stereocenters. The fraction of sp³-hybridized carbons (Fsp3) is 0.333. The lowest BCUT2D eigenvalue weighted by atomic mass is 10.2. The van der Waals surface area contributed by atoms with E-state index in [4.69, 9.17) is 0 Å². The van der Waals surface area contributed by atoms with Gasteiger partial charge in [0, 0.05) is 10.2 Å². The third-order valence-electron chi connectivity index (χ3n) is 3.05. The molecule has 0 amide bonds. The van der Waals surface area contributed by atoms with Gasteiger partial charge < -0.3 is 5.32 Å². The van der Waals surface area contributed by atoms with Gasteiger partial charge in [0.05, 0.1) is 6.04 Å². The van der Waals surface area contributed by atoms with E-state index < -0.39 is 0 Å². The van der Waals surface area contributed by atoms with Crippen LogP contribution < -0.4 is 5.32 Å². The molecule has 1 aromatic carbocycles. The standard InChI is InChI=1S/C12H13BrN4/c13-9-3-5-10(6-4-9)17-8-15-16-12(17)11-2-1-7-14-11/h3-6,8,11,14H,1-2,7H2. The summed E-state index contributed by atoms with van der Waals surface area (Å²) in [5, 5.41) is 11.7. The lowest BCUT2D eigenvalue weighted by molar-refractivity contribution is 0.592. The number of benzene rings is 1. The molecule has 0 radical (unpaired) electrons. The van der Waals surface area contributed by atoms with Crippen LogP contribution in [0.5, 0.6) is 0 Å². The number of halogens is 1. The van der Waals surface area contributed by atoms with Gasteiger partial charge in [0.25, 0.3) is 0 Å². The molecule has 0 aliphatic carbocycles. The quantitative estimate of drug-likeness (QED) is 0.925. The summed E-state index contributed by atoms with van der Waals surface area (Å²) < 4.78 is 3.13. The van der Waals surface area contributed by atoms with Crippen LogP contribution in [0.1, 0.15) is 24.7 Å². The molecule has 1 aliphatic rings. The van der Waals surface area contributed by atoms with Crippen LogP contribution in [0.15, 0.2) is 35.1 Å². The summed E-state index contributed by atoms with van der Waals surface area (Å²) >= 11 is 3.44. The molecule has 1 N–H and O–H groups in total. The molecule has 1 aromatic heterocycles. The lowest BCUT2D eigenvalue weighted by Crippen LogP contribution is -2.17. The van der Waals surface area contributed by atoms with Crippen LogP contribution in [0.25, 0.3) is 5.69 Å². The summed E-state index contributed by atoms with van der Waals surface area (Å²) in [7, 11) is 0. The Kier molecular flexibility index (Phi) is 2.94. The number of hydrogen-bond donors (Lipinski definition) is 1. The van der Waals surface area contributed by atoms with E-state index in [0.29, 0.717) is 6.04 Å². The van der Waals surface area contributed by atoms with E-state index in [0.717, 1.165) is 29.0 Å². The van der Waals surface area contributed by atoms with Gasteiger partial charge in [-0.05, 0) is 43.7 Å². The molecular weight excluding hydrogens is 280 g/mol. The summed E-state index contributed by atoms with van der Waals surface area (Å²) in [5.74, 6) is 1.00. The van der Waals surface area contributed by atoms with Crippen molar-refractivity contribution in [2.75, 3.05) is 6.54 Å². The number of aromatic nitrogens is 3. The van der Waals surface area contributed by atoms with Crippen molar-refractivity contribution in [2.24, 2.45) is 0 Å². The topological polar surface area (TPSA) is 42.7 Å². The van der Waals surface area contributed by atoms with E-state index in [9.17, 15) is 0 Å². The highest BCUT2D eigenvalue weighted by molar-refractivity contribution is 9.10. The van der Waals surface area contributed by atoms with Crippen molar-refractivity contribution >= 4 is 15.9 Å². The predicted molar refractivity (Wildman–Crippen MR) is 69.0 cm³/mol. The van der Waals surface area contributed by atoms with Crippen LogP contribution in [0.3, 0.4) is 0 Å². The van der Waals surface area contributed by atoms with Crippen LogP contribution in [0, 0.1) is 0 Å². The first-order chi connectivity index (χ1) is 8.34. The van der Waals surface area contributed by atoms with Gasteiger partial charge in [-0.15, -0.1) is 10.2 Å². The first-order valence-electron chi connectivity index (χ1n) is 5.74. The highest BCUT2D eigenvalue weighted by atomic mass is 79.9. The Balaban J connectivity index is 1.97. The maximum Gasteiger partial charge on any atom is 0.154 e. The first kappa shape index (κ1) is 10.9. The zero-order chi connectivity index (χ0) is 11.7. The molecule has 0 saturated carbocycles. The Morgan fingerprint density at radius 1 is 1.29 bits per heavy atom. The van der Waals surface area contributed by atoms with Gasteiger partial charge in [0.1, 0.15) is 6.33 Å². The van der Waals surface area contributed by atoms with Crippen molar-refractivity contribution in [1.82, 2.24) is 20.1 Å². The van der Waals surface area contributed by atoms with E-state index in [2.05, 4.69) is 48.1 Å². The van der Waals surface area contributed by atoms with Gasteiger partial charge in [-0.25, -0.2) is 0 Å². The molecule has 0 bridgehead atoms. The van der Waals surface area contributed by atoms with E-state index in [1.807, 2.05) is 12.1 Å². The van der Waals surface area contributed by atoms with Crippen LogP contribution in [0.2, 0.25) is 0 Å². The Morgan fingerprint density at radius 2 is 2.12 bits per heavy atom. The zero-order valence-corrected chi connectivity index (χ0v) is 10.9. The molecule has 17 heavy (non-hydrogen) atoms. The first-order valence-corrected chi connectivity index (χ1v) is 6.53. The fourth-order valence-corrected chi connectivity index (χ4v) is 2.45. The Labute approximate surface area is 108 Å². The van der Waals surface area contributed by atoms with E-state index >= 15 is 0 Å². The van der Waals surface area contributed by atoms with Gasteiger partial charge in [-0.1, -0.05) is 15.9 Å². The summed E-state index contributed by atoms with van der Waals surface area (Å²) in [4.78, 5) is 0. The third kappa shape index (κ3) is 2.12. The van der Waals surface area contributed by atoms with Crippen LogP contribution in [-0.2, 0) is 0 Å². The smallest absolute Gasteiger partial charge is 0.154 e. The van der Waals surface area contributed by atoms with Gasteiger partial charge in [-0.2, -0.15) is 0 Å². The van der Waals surface area contributed by atoms with Gasteiger partial charge >= 0.3 is 0 Å². The minimum Gasteiger partial charge on any atom is -0.307 e. The van der Waals surface area contributed by atoms with Crippen molar-refractivity contribution in [3.8, 4) is 5.69 Å². The zero-order valence-electron chi connectivity index (χ0n) is 9.31. The summed E-state index contributed by atoms with van der Waals surface area (Å²) in [6.45, 7) is 1.07. The van der Waals surface area contributed by atoms with E-state index in [1.54, 1.807) is 6.33 Å². The maximum atomic E-state index is 4.24. The van der Waals surface area contributed by atoms with Crippen molar-refractivity contribution in [1.29, 1.82) is 0 Å². The molecule has 88 valence electrons. The number of nitrogens with one attached hydrogen (secondary N) is 1.